The van der Waals surface area contributed by atoms with Crippen LogP contribution in [0.2, 0.25) is 0 Å². The number of ether oxygens (including phenoxy) is 11. The number of hydrogen-bond donors (Lipinski definition) is 21. The van der Waals surface area contributed by atoms with E-state index in [1.165, 1.54) is 6.92 Å². The van der Waals surface area contributed by atoms with E-state index in [2.05, 4.69) is 16.0 Å². The van der Waals surface area contributed by atoms with Crippen molar-refractivity contribution in [3.8, 4) is 0 Å². The Hall–Kier alpha value is -3.24. The molecule has 3 amide bonds. The van der Waals surface area contributed by atoms with Crippen molar-refractivity contribution < 1.29 is 163 Å². The summed E-state index contributed by atoms with van der Waals surface area (Å²) in [6, 6.07) is -5.25. The van der Waals surface area contributed by atoms with Crippen molar-refractivity contribution in [3.63, 3.8) is 0 Å². The molecule has 6 rings (SSSR count). The summed E-state index contributed by atoms with van der Waals surface area (Å²) in [4.78, 5) is 50.6. The zero-order chi connectivity index (χ0) is 60.3. The molecule has 0 aromatic heterocycles. The second-order valence-corrected chi connectivity index (χ2v) is 20.4. The molecule has 31 atom stereocenters. The predicted molar refractivity (Wildman–Crippen MR) is 250 cm³/mol. The molecule has 21 N–H and O–H groups in total. The third-order valence-corrected chi connectivity index (χ3v) is 14.5. The standard InChI is InChI=1S/C45H75N3O33/c1-11-24(58)29(63)31(65)41(72-11)79-37-23(48-14(4)55)40(76-19(9-52)34(37)77-42-32(66)30(64)26(60)17(7-50)74-42)71-10-20-28(62)35(22(39(68)73-20)47-13(3)54)78-43-33(67)38(27(61)18(8-51)75-43)81-45(44(69)70)5-15(56)21(46-12(2)53)36(80-45)25(59)16(57)6-49/h11,15-43,49-52,56-68H,5-10H2,1-4H3,(H,46,53)(H,47,54)(H,48,55)(H,69,70)/t11-,15+,16-,17-,18-,19-,20-,21-,22-,23-,24+,25-,26+,27+,28+,29+,30+,31-,32-,33-,34-,35-,36-,37-,38+,39+,40-,41-,42+,43+,45+/m1/s1. The molecule has 6 saturated heterocycles. The molecule has 0 bridgehead atoms. The first-order valence-electron chi connectivity index (χ1n) is 25.6. The van der Waals surface area contributed by atoms with Crippen molar-refractivity contribution in [2.75, 3.05) is 33.0 Å². The average Bonchev–Trinajstić information content (AvgIpc) is 3.59. The van der Waals surface area contributed by atoms with Gasteiger partial charge in [-0.15, -0.1) is 0 Å². The molecule has 81 heavy (non-hydrogen) atoms. The fourth-order valence-corrected chi connectivity index (χ4v) is 10.3. The molecule has 6 aliphatic rings. The van der Waals surface area contributed by atoms with Crippen molar-refractivity contribution in [3.05, 3.63) is 0 Å². The number of carboxylic acid groups (broad SMARTS) is 1. The van der Waals surface area contributed by atoms with Gasteiger partial charge in [-0.05, 0) is 6.92 Å². The van der Waals surface area contributed by atoms with Crippen LogP contribution in [0.5, 0.6) is 0 Å². The number of carbonyl (C=O) groups is 4. The van der Waals surface area contributed by atoms with Crippen LogP contribution in [0.15, 0.2) is 0 Å². The molecule has 6 aliphatic heterocycles. The van der Waals surface area contributed by atoms with Crippen molar-refractivity contribution in [2.24, 2.45) is 0 Å². The van der Waals surface area contributed by atoms with Crippen LogP contribution in [0.1, 0.15) is 34.1 Å². The fraction of sp³-hybridized carbons (Fsp3) is 0.911. The van der Waals surface area contributed by atoms with Gasteiger partial charge in [-0.25, -0.2) is 4.79 Å². The zero-order valence-electron chi connectivity index (χ0n) is 43.7. The van der Waals surface area contributed by atoms with Crippen molar-refractivity contribution in [2.45, 2.75) is 224 Å². The van der Waals surface area contributed by atoms with Gasteiger partial charge in [0.05, 0.1) is 51.3 Å². The van der Waals surface area contributed by atoms with Crippen LogP contribution in [0.4, 0.5) is 0 Å². The molecule has 0 saturated carbocycles. The van der Waals surface area contributed by atoms with Gasteiger partial charge in [-0.1, -0.05) is 0 Å². The van der Waals surface area contributed by atoms with Crippen molar-refractivity contribution in [1.82, 2.24) is 16.0 Å². The summed E-state index contributed by atoms with van der Waals surface area (Å²) in [6.07, 6.45) is -54.6. The number of rotatable bonds is 21. The first-order chi connectivity index (χ1) is 38.0. The highest BCUT2D eigenvalue weighted by molar-refractivity contribution is 5.77. The van der Waals surface area contributed by atoms with E-state index in [0.29, 0.717) is 0 Å². The Morgan fingerprint density at radius 2 is 1.01 bits per heavy atom. The fourth-order valence-electron chi connectivity index (χ4n) is 10.3. The molecular formula is C45H75N3O33. The van der Waals surface area contributed by atoms with Gasteiger partial charge in [-0.3, -0.25) is 14.4 Å². The molecule has 6 heterocycles. The van der Waals surface area contributed by atoms with Crippen molar-refractivity contribution >= 4 is 23.7 Å². The molecule has 36 nitrogen and oxygen atoms in total. The van der Waals surface area contributed by atoms with Gasteiger partial charge >= 0.3 is 5.97 Å². The second-order valence-electron chi connectivity index (χ2n) is 20.4. The van der Waals surface area contributed by atoms with E-state index >= 15 is 0 Å². The van der Waals surface area contributed by atoms with E-state index in [9.17, 15) is 111 Å². The SMILES string of the molecule is CC(=O)N[C@@H]1[C@@H](O[C@@H]2O[C@H](CO)[C@H](O)[C@H](O[C@]3(C(=O)O)C[C@H](O)[C@@H](NC(C)=O)[C@H]([C@H](O)[C@H](O)CO)O3)[C@H]2O)[C@@H](O)[C@@H](CO[C@@H]2O[C@H](CO)[C@@H](O[C@@H]3O[C@H](CO)[C@H](O)[C@H](O)[C@H]3O)[C@H](O[C@H]3O[C@H](C)[C@H](O)[C@H](O)[C@H]3O)[C@H]2NC(C)=O)O[C@@H]1O. The third-order valence-electron chi connectivity index (χ3n) is 14.5. The molecule has 0 aliphatic carbocycles. The quantitative estimate of drug-likeness (QED) is 0.0507. The summed E-state index contributed by atoms with van der Waals surface area (Å²) in [5.41, 5.74) is 0. The van der Waals surface area contributed by atoms with Gasteiger partial charge in [0, 0.05) is 27.2 Å². The third kappa shape index (κ3) is 14.7. The van der Waals surface area contributed by atoms with E-state index < -0.39 is 253 Å². The van der Waals surface area contributed by atoms with Crippen LogP contribution in [-0.4, -0.2) is 338 Å². The Bertz CT molecular complexity index is 2070. The lowest BCUT2D eigenvalue weighted by molar-refractivity contribution is -0.383. The molecule has 0 aromatic carbocycles. The molecular weight excluding hydrogens is 1110 g/mol. The minimum atomic E-state index is -3.22. The number of carboxylic acids is 1. The van der Waals surface area contributed by atoms with E-state index in [0.717, 1.165) is 20.8 Å². The topological polar surface area (TPSA) is 570 Å². The lowest BCUT2D eigenvalue weighted by Crippen LogP contribution is -2.71. The number of amides is 3. The van der Waals surface area contributed by atoms with Crippen LogP contribution in [-0.2, 0) is 71.3 Å². The Morgan fingerprint density at radius 1 is 0.531 bits per heavy atom. The number of aliphatic hydroxyl groups is 17. The Morgan fingerprint density at radius 3 is 1.57 bits per heavy atom. The number of aliphatic hydroxyl groups excluding tert-OH is 17. The maximum atomic E-state index is 13.1. The number of hydrogen-bond acceptors (Lipinski definition) is 32. The Labute approximate surface area is 459 Å². The summed E-state index contributed by atoms with van der Waals surface area (Å²) in [5.74, 6) is -7.88. The zero-order valence-corrected chi connectivity index (χ0v) is 43.7. The minimum Gasteiger partial charge on any atom is -0.477 e. The normalized spacial score (nSPS) is 46.7. The van der Waals surface area contributed by atoms with E-state index in [-0.39, 0.29) is 0 Å². The average molecular weight is 1190 g/mol. The first-order valence-corrected chi connectivity index (χ1v) is 25.6. The lowest BCUT2D eigenvalue weighted by atomic mass is 9.88. The largest absolute Gasteiger partial charge is 0.477 e. The molecule has 0 spiro atoms. The first kappa shape index (κ1) is 66.9. The minimum absolute atomic E-state index is 0.831. The second kappa shape index (κ2) is 28.3. The molecule has 6 fully saturated rings. The smallest absolute Gasteiger partial charge is 0.364 e. The van der Waals surface area contributed by atoms with Crippen LogP contribution in [0.3, 0.4) is 0 Å². The molecule has 468 valence electrons. The van der Waals surface area contributed by atoms with Crippen LogP contribution >= 0.6 is 0 Å². The van der Waals surface area contributed by atoms with Gasteiger partial charge in [0.15, 0.2) is 31.5 Å². The molecule has 0 aromatic rings. The lowest BCUT2D eigenvalue weighted by Gasteiger charge is -2.51. The highest BCUT2D eigenvalue weighted by Crippen LogP contribution is 2.40. The van der Waals surface area contributed by atoms with Crippen LogP contribution in [0, 0.1) is 0 Å². The summed E-state index contributed by atoms with van der Waals surface area (Å²) in [7, 11) is 0. The molecule has 36 heteroatoms. The highest BCUT2D eigenvalue weighted by Gasteiger charge is 2.61. The van der Waals surface area contributed by atoms with E-state index in [1.54, 1.807) is 0 Å². The van der Waals surface area contributed by atoms with E-state index in [4.69, 9.17) is 52.1 Å². The van der Waals surface area contributed by atoms with E-state index in [1.807, 2.05) is 0 Å². The van der Waals surface area contributed by atoms with Gasteiger partial charge in [0.25, 0.3) is 5.79 Å². The monoisotopic (exact) mass is 1190 g/mol. The maximum absolute atomic E-state index is 13.1. The molecule has 0 unspecified atom stereocenters. The van der Waals surface area contributed by atoms with Gasteiger partial charge in [0.1, 0.15) is 134 Å². The Kier molecular flexibility index (Phi) is 23.4. The highest BCUT2D eigenvalue weighted by atomic mass is 16.8. The summed E-state index contributed by atoms with van der Waals surface area (Å²) >= 11 is 0. The summed E-state index contributed by atoms with van der Waals surface area (Å²) in [6.45, 7) is -0.963. The Balaban J connectivity index is 1.30. The number of aliphatic carboxylic acids is 1. The predicted octanol–water partition coefficient (Wildman–Crippen LogP) is -13.4. The number of nitrogens with one attached hydrogen (secondary N) is 3. The number of carbonyl (C=O) groups excluding carboxylic acids is 3. The summed E-state index contributed by atoms with van der Waals surface area (Å²) in [5, 5.41) is 201. The van der Waals surface area contributed by atoms with Crippen LogP contribution < -0.4 is 16.0 Å². The van der Waals surface area contributed by atoms with Gasteiger partial charge in [0.2, 0.25) is 17.7 Å². The van der Waals surface area contributed by atoms with Crippen molar-refractivity contribution in [1.29, 1.82) is 0 Å². The maximum Gasteiger partial charge on any atom is 0.364 e. The summed E-state index contributed by atoms with van der Waals surface area (Å²) < 4.78 is 63.9. The van der Waals surface area contributed by atoms with Crippen LogP contribution in [0.25, 0.3) is 0 Å². The molecule has 0 radical (unpaired) electrons. The van der Waals surface area contributed by atoms with Gasteiger partial charge in [-0.2, -0.15) is 0 Å². The van der Waals surface area contributed by atoms with Gasteiger partial charge < -0.3 is 160 Å².